The predicted octanol–water partition coefficient (Wildman–Crippen LogP) is 2.89. The van der Waals surface area contributed by atoms with E-state index in [0.29, 0.717) is 11.4 Å². The Morgan fingerprint density at radius 1 is 1.09 bits per heavy atom. The second-order valence-electron chi connectivity index (χ2n) is 4.77. The van der Waals surface area contributed by atoms with Gasteiger partial charge in [-0.1, -0.05) is 12.1 Å². The van der Waals surface area contributed by atoms with E-state index in [1.807, 2.05) is 0 Å². The summed E-state index contributed by atoms with van der Waals surface area (Å²) in [6, 6.07) is 13.4. The van der Waals surface area contributed by atoms with E-state index in [1.54, 1.807) is 54.9 Å². The van der Waals surface area contributed by atoms with Crippen molar-refractivity contribution in [2.75, 3.05) is 11.8 Å². The van der Waals surface area contributed by atoms with Crippen molar-refractivity contribution in [3.63, 3.8) is 0 Å². The Morgan fingerprint density at radius 3 is 2.48 bits per heavy atom. The molecule has 7 heteroatoms. The number of methoxy groups -OCH3 is 1. The van der Waals surface area contributed by atoms with Gasteiger partial charge in [0.1, 0.15) is 16.5 Å². The Hall–Kier alpha value is -2.80. The summed E-state index contributed by atoms with van der Waals surface area (Å²) in [5.74, 6) is 1.02. The number of aromatic nitrogens is 2. The van der Waals surface area contributed by atoms with Gasteiger partial charge in [-0.3, -0.25) is 4.72 Å². The number of imidazole rings is 1. The zero-order valence-electron chi connectivity index (χ0n) is 12.4. The lowest BCUT2D eigenvalue weighted by Crippen LogP contribution is -2.13. The standard InChI is InChI=1S/C16H15N3O3S/c1-22-14-4-2-3-5-15(14)23(20,21)19-13-8-6-12(7-9-13)16-17-10-11-18-16/h2-11,19H,1H3,(H,17,18). The van der Waals surface area contributed by atoms with Crippen LogP contribution in [0.1, 0.15) is 0 Å². The first-order valence-electron chi connectivity index (χ1n) is 6.86. The highest BCUT2D eigenvalue weighted by Crippen LogP contribution is 2.26. The summed E-state index contributed by atoms with van der Waals surface area (Å²) < 4.78 is 32.6. The number of hydrogen-bond acceptors (Lipinski definition) is 4. The lowest BCUT2D eigenvalue weighted by Gasteiger charge is -2.11. The molecule has 23 heavy (non-hydrogen) atoms. The third-order valence-electron chi connectivity index (χ3n) is 3.27. The highest BCUT2D eigenvalue weighted by Gasteiger charge is 2.19. The van der Waals surface area contributed by atoms with Crippen molar-refractivity contribution in [2.45, 2.75) is 4.90 Å². The molecule has 6 nitrogen and oxygen atoms in total. The molecule has 0 fully saturated rings. The fourth-order valence-electron chi connectivity index (χ4n) is 2.17. The van der Waals surface area contributed by atoms with Gasteiger partial charge in [-0.2, -0.15) is 0 Å². The third-order valence-corrected chi connectivity index (χ3v) is 4.69. The van der Waals surface area contributed by atoms with Crippen molar-refractivity contribution < 1.29 is 13.2 Å². The first-order chi connectivity index (χ1) is 11.1. The van der Waals surface area contributed by atoms with E-state index in [-0.39, 0.29) is 4.90 Å². The molecule has 3 rings (SSSR count). The number of hydrogen-bond donors (Lipinski definition) is 2. The van der Waals surface area contributed by atoms with Gasteiger partial charge in [0.15, 0.2) is 0 Å². The number of para-hydroxylation sites is 1. The minimum absolute atomic E-state index is 0.0950. The highest BCUT2D eigenvalue weighted by molar-refractivity contribution is 7.92. The van der Waals surface area contributed by atoms with Crippen LogP contribution < -0.4 is 9.46 Å². The van der Waals surface area contributed by atoms with Gasteiger partial charge in [-0.05, 0) is 36.4 Å². The minimum atomic E-state index is -3.72. The average Bonchev–Trinajstić information content (AvgIpc) is 3.09. The van der Waals surface area contributed by atoms with E-state index in [0.717, 1.165) is 11.4 Å². The summed E-state index contributed by atoms with van der Waals surface area (Å²) in [4.78, 5) is 7.24. The van der Waals surface area contributed by atoms with E-state index in [9.17, 15) is 8.42 Å². The molecule has 0 aliphatic heterocycles. The van der Waals surface area contributed by atoms with E-state index in [1.165, 1.54) is 13.2 Å². The molecule has 1 aromatic heterocycles. The second kappa shape index (κ2) is 6.13. The average molecular weight is 329 g/mol. The number of rotatable bonds is 5. The number of benzene rings is 2. The molecule has 118 valence electrons. The second-order valence-corrected chi connectivity index (χ2v) is 6.42. The largest absolute Gasteiger partial charge is 0.495 e. The number of nitrogens with one attached hydrogen (secondary N) is 2. The van der Waals surface area contributed by atoms with Gasteiger partial charge in [0.05, 0.1) is 7.11 Å². The number of aromatic amines is 1. The number of anilines is 1. The monoisotopic (exact) mass is 329 g/mol. The van der Waals surface area contributed by atoms with Crippen LogP contribution in [0, 0.1) is 0 Å². The fraction of sp³-hybridized carbons (Fsp3) is 0.0625. The molecule has 0 spiro atoms. The third kappa shape index (κ3) is 3.19. The molecule has 0 amide bonds. The van der Waals surface area contributed by atoms with Crippen LogP contribution in [0.5, 0.6) is 5.75 Å². The van der Waals surface area contributed by atoms with Crippen LogP contribution in [0.2, 0.25) is 0 Å². The van der Waals surface area contributed by atoms with Crippen LogP contribution in [-0.2, 0) is 10.0 Å². The minimum Gasteiger partial charge on any atom is -0.495 e. The van der Waals surface area contributed by atoms with E-state index in [2.05, 4.69) is 14.7 Å². The number of sulfonamides is 1. The molecule has 0 unspecified atom stereocenters. The van der Waals surface area contributed by atoms with Crippen molar-refractivity contribution in [3.8, 4) is 17.1 Å². The topological polar surface area (TPSA) is 84.1 Å². The molecule has 0 bridgehead atoms. The summed E-state index contributed by atoms with van der Waals surface area (Å²) in [6.07, 6.45) is 3.39. The van der Waals surface area contributed by atoms with Crippen LogP contribution in [0.3, 0.4) is 0 Å². The lowest BCUT2D eigenvalue weighted by atomic mass is 10.2. The van der Waals surface area contributed by atoms with Crippen molar-refractivity contribution in [1.82, 2.24) is 9.97 Å². The molecular formula is C16H15N3O3S. The number of ether oxygens (including phenoxy) is 1. The number of nitrogens with zero attached hydrogens (tertiary/aromatic N) is 1. The van der Waals surface area contributed by atoms with Crippen molar-refractivity contribution in [3.05, 3.63) is 60.9 Å². The zero-order chi connectivity index (χ0) is 16.3. The van der Waals surface area contributed by atoms with Gasteiger partial charge in [0.2, 0.25) is 0 Å². The van der Waals surface area contributed by atoms with Gasteiger partial charge in [0.25, 0.3) is 10.0 Å². The molecule has 0 saturated carbocycles. The van der Waals surface area contributed by atoms with Crippen LogP contribution in [0.4, 0.5) is 5.69 Å². The summed E-state index contributed by atoms with van der Waals surface area (Å²) in [7, 11) is -2.28. The summed E-state index contributed by atoms with van der Waals surface area (Å²) in [5, 5.41) is 0. The molecule has 0 aliphatic carbocycles. The lowest BCUT2D eigenvalue weighted by molar-refractivity contribution is 0.403. The van der Waals surface area contributed by atoms with Crippen molar-refractivity contribution in [2.24, 2.45) is 0 Å². The Morgan fingerprint density at radius 2 is 1.83 bits per heavy atom. The van der Waals surface area contributed by atoms with E-state index < -0.39 is 10.0 Å². The summed E-state index contributed by atoms with van der Waals surface area (Å²) >= 11 is 0. The Balaban J connectivity index is 1.86. The smallest absolute Gasteiger partial charge is 0.265 e. The Kier molecular flexibility index (Phi) is 4.03. The van der Waals surface area contributed by atoms with Gasteiger partial charge >= 0.3 is 0 Å². The zero-order valence-corrected chi connectivity index (χ0v) is 13.2. The molecule has 0 aliphatic rings. The maximum absolute atomic E-state index is 12.5. The first kappa shape index (κ1) is 15.1. The van der Waals surface area contributed by atoms with E-state index in [4.69, 9.17) is 4.74 Å². The quantitative estimate of drug-likeness (QED) is 0.754. The summed E-state index contributed by atoms with van der Waals surface area (Å²) in [6.45, 7) is 0. The van der Waals surface area contributed by atoms with E-state index >= 15 is 0 Å². The molecule has 0 radical (unpaired) electrons. The molecule has 0 atom stereocenters. The maximum Gasteiger partial charge on any atom is 0.265 e. The van der Waals surface area contributed by atoms with Gasteiger partial charge in [0, 0.05) is 23.6 Å². The van der Waals surface area contributed by atoms with Crippen molar-refractivity contribution in [1.29, 1.82) is 0 Å². The Bertz CT molecular complexity index is 889. The van der Waals surface area contributed by atoms with Crippen LogP contribution in [0.25, 0.3) is 11.4 Å². The molecule has 0 saturated heterocycles. The molecule has 2 aromatic carbocycles. The van der Waals surface area contributed by atoms with Gasteiger partial charge < -0.3 is 9.72 Å². The predicted molar refractivity (Wildman–Crippen MR) is 87.8 cm³/mol. The van der Waals surface area contributed by atoms with Crippen LogP contribution >= 0.6 is 0 Å². The normalized spacial score (nSPS) is 11.2. The SMILES string of the molecule is COc1ccccc1S(=O)(=O)Nc1ccc(-c2ncc[nH]2)cc1. The van der Waals surface area contributed by atoms with Gasteiger partial charge in [-0.15, -0.1) is 0 Å². The highest BCUT2D eigenvalue weighted by atomic mass is 32.2. The molecule has 2 N–H and O–H groups in total. The summed E-state index contributed by atoms with van der Waals surface area (Å²) in [5.41, 5.74) is 1.33. The van der Waals surface area contributed by atoms with Crippen molar-refractivity contribution >= 4 is 15.7 Å². The fourth-order valence-corrected chi connectivity index (χ4v) is 3.40. The van der Waals surface area contributed by atoms with Crippen LogP contribution in [-0.4, -0.2) is 25.5 Å². The molecular weight excluding hydrogens is 314 g/mol. The number of H-pyrrole nitrogens is 1. The molecule has 1 heterocycles. The van der Waals surface area contributed by atoms with Gasteiger partial charge in [-0.25, -0.2) is 13.4 Å². The first-order valence-corrected chi connectivity index (χ1v) is 8.34. The molecule has 3 aromatic rings. The Labute approximate surface area is 134 Å². The maximum atomic E-state index is 12.5. The van der Waals surface area contributed by atoms with Crippen LogP contribution in [0.15, 0.2) is 65.8 Å².